The Bertz CT molecular complexity index is 651. The van der Waals surface area contributed by atoms with E-state index in [1.54, 1.807) is 45.0 Å². The van der Waals surface area contributed by atoms with E-state index in [1.165, 1.54) is 0 Å². The number of carbonyl (C=O) groups is 3. The number of likely N-dealkylation sites (tertiary alicyclic amines) is 1. The topological polar surface area (TPSA) is 93.1 Å². The Morgan fingerprint density at radius 2 is 1.84 bits per heavy atom. The molecule has 1 amide bonds. The summed E-state index contributed by atoms with van der Waals surface area (Å²) in [4.78, 5) is 37.9. The fourth-order valence-corrected chi connectivity index (χ4v) is 2.75. The zero-order valence-corrected chi connectivity index (χ0v) is 14.7. The van der Waals surface area contributed by atoms with Crippen molar-refractivity contribution in [1.82, 2.24) is 4.90 Å². The number of esters is 1. The molecule has 0 aromatic heterocycles. The summed E-state index contributed by atoms with van der Waals surface area (Å²) >= 11 is 0. The number of hydrogen-bond donors (Lipinski definition) is 1. The van der Waals surface area contributed by atoms with Crippen LogP contribution < -0.4 is 0 Å². The van der Waals surface area contributed by atoms with Gasteiger partial charge >= 0.3 is 18.0 Å². The van der Waals surface area contributed by atoms with Gasteiger partial charge < -0.3 is 14.6 Å². The first-order valence-corrected chi connectivity index (χ1v) is 8.12. The van der Waals surface area contributed by atoms with E-state index < -0.39 is 29.2 Å². The van der Waals surface area contributed by atoms with Crippen LogP contribution in [-0.2, 0) is 25.7 Å². The molecule has 1 N–H and O–H groups in total. The quantitative estimate of drug-likeness (QED) is 0.663. The van der Waals surface area contributed by atoms with E-state index in [0.29, 0.717) is 6.42 Å². The lowest BCUT2D eigenvalue weighted by atomic mass is 9.96. The fraction of sp³-hybridized carbons (Fsp3) is 0.500. The Morgan fingerprint density at radius 1 is 1.20 bits per heavy atom. The molecule has 2 rings (SSSR count). The molecule has 0 spiro atoms. The molecule has 1 saturated heterocycles. The number of aliphatic carboxylic acids is 1. The highest BCUT2D eigenvalue weighted by molar-refractivity contribution is 6.07. The molecule has 7 nitrogen and oxygen atoms in total. The van der Waals surface area contributed by atoms with Gasteiger partial charge in [0.15, 0.2) is 0 Å². The molecule has 136 valence electrons. The van der Waals surface area contributed by atoms with E-state index in [-0.39, 0.29) is 19.6 Å². The summed E-state index contributed by atoms with van der Waals surface area (Å²) in [6.07, 6.45) is -0.453. The summed E-state index contributed by atoms with van der Waals surface area (Å²) in [5.41, 5.74) is -2.10. The highest BCUT2D eigenvalue weighted by Gasteiger charge is 2.58. The molecule has 1 heterocycles. The lowest BCUT2D eigenvalue weighted by molar-refractivity contribution is -0.170. The molecule has 1 atom stereocenters. The molecule has 1 aliphatic rings. The average Bonchev–Trinajstić information content (AvgIpc) is 2.98. The maximum Gasteiger partial charge on any atom is 0.411 e. The van der Waals surface area contributed by atoms with Gasteiger partial charge in [0.1, 0.15) is 12.2 Å². The molecule has 0 bridgehead atoms. The Labute approximate surface area is 146 Å². The Hall–Kier alpha value is -2.57. The summed E-state index contributed by atoms with van der Waals surface area (Å²) in [5, 5.41) is 9.70. The van der Waals surface area contributed by atoms with E-state index in [1.807, 2.05) is 6.07 Å². The molecule has 1 aromatic rings. The van der Waals surface area contributed by atoms with Crippen LogP contribution in [0.4, 0.5) is 4.79 Å². The Balaban J connectivity index is 2.19. The van der Waals surface area contributed by atoms with E-state index in [4.69, 9.17) is 9.47 Å². The van der Waals surface area contributed by atoms with Gasteiger partial charge in [-0.15, -0.1) is 0 Å². The largest absolute Gasteiger partial charge is 0.479 e. The van der Waals surface area contributed by atoms with Crippen LogP contribution in [-0.4, -0.2) is 45.7 Å². The maximum atomic E-state index is 12.6. The van der Waals surface area contributed by atoms with Gasteiger partial charge in [-0.1, -0.05) is 30.3 Å². The number of carboxylic acid groups (broad SMARTS) is 1. The van der Waals surface area contributed by atoms with Crippen molar-refractivity contribution in [3.05, 3.63) is 35.9 Å². The normalized spacial score (nSPS) is 20.2. The first-order valence-electron chi connectivity index (χ1n) is 8.12. The summed E-state index contributed by atoms with van der Waals surface area (Å²) in [7, 11) is 0. The van der Waals surface area contributed by atoms with Gasteiger partial charge in [-0.2, -0.15) is 0 Å². The lowest BCUT2D eigenvalue weighted by Gasteiger charge is -2.33. The van der Waals surface area contributed by atoms with Crippen molar-refractivity contribution in [2.24, 2.45) is 0 Å². The third kappa shape index (κ3) is 4.10. The molecule has 25 heavy (non-hydrogen) atoms. The number of ether oxygens (including phenoxy) is 2. The van der Waals surface area contributed by atoms with Crippen LogP contribution in [0.25, 0.3) is 0 Å². The summed E-state index contributed by atoms with van der Waals surface area (Å²) in [6, 6.07) is 8.94. The van der Waals surface area contributed by atoms with E-state index in [2.05, 4.69) is 0 Å². The van der Waals surface area contributed by atoms with Crippen LogP contribution in [0.15, 0.2) is 30.3 Å². The zero-order chi connectivity index (χ0) is 18.7. The highest BCUT2D eigenvalue weighted by atomic mass is 16.6. The number of carboxylic acids is 1. The zero-order valence-electron chi connectivity index (χ0n) is 14.7. The number of hydrogen-bond acceptors (Lipinski definition) is 5. The van der Waals surface area contributed by atoms with Crippen molar-refractivity contribution in [2.75, 3.05) is 6.54 Å². The smallest absolute Gasteiger partial charge is 0.411 e. The van der Waals surface area contributed by atoms with Crippen molar-refractivity contribution in [3.8, 4) is 0 Å². The lowest BCUT2D eigenvalue weighted by Crippen LogP contribution is -2.59. The second-order valence-electron chi connectivity index (χ2n) is 6.96. The standard InChI is InChI=1S/C18H23NO6/c1-17(2,3)25-16(23)19-11-7-10-18(19,14(20)21)15(22)24-12-13-8-5-4-6-9-13/h4-6,8-9H,7,10-12H2,1-3H3,(H,20,21). The van der Waals surface area contributed by atoms with Gasteiger partial charge in [0.25, 0.3) is 0 Å². The molecular formula is C18H23NO6. The summed E-state index contributed by atoms with van der Waals surface area (Å²) < 4.78 is 10.5. The molecule has 0 radical (unpaired) electrons. The molecule has 7 heteroatoms. The minimum atomic E-state index is -2.04. The monoisotopic (exact) mass is 349 g/mol. The molecule has 1 fully saturated rings. The molecule has 1 aliphatic heterocycles. The maximum absolute atomic E-state index is 12.6. The number of amides is 1. The third-order valence-corrected chi connectivity index (χ3v) is 3.90. The van der Waals surface area contributed by atoms with Crippen LogP contribution in [0.5, 0.6) is 0 Å². The molecular weight excluding hydrogens is 326 g/mol. The minimum Gasteiger partial charge on any atom is -0.479 e. The van der Waals surface area contributed by atoms with Gasteiger partial charge in [0.05, 0.1) is 0 Å². The third-order valence-electron chi connectivity index (χ3n) is 3.90. The van der Waals surface area contributed by atoms with Crippen molar-refractivity contribution >= 4 is 18.0 Å². The SMILES string of the molecule is CC(C)(C)OC(=O)N1CCCC1(C(=O)O)C(=O)OCc1ccccc1. The van der Waals surface area contributed by atoms with Crippen molar-refractivity contribution in [2.45, 2.75) is 51.4 Å². The second-order valence-corrected chi connectivity index (χ2v) is 6.96. The number of nitrogens with zero attached hydrogens (tertiary/aromatic N) is 1. The van der Waals surface area contributed by atoms with Gasteiger partial charge in [0.2, 0.25) is 5.54 Å². The Kier molecular flexibility index (Phi) is 5.35. The Morgan fingerprint density at radius 3 is 2.40 bits per heavy atom. The summed E-state index contributed by atoms with van der Waals surface area (Å²) in [5.74, 6) is -2.36. The van der Waals surface area contributed by atoms with Crippen LogP contribution in [0, 0.1) is 0 Å². The summed E-state index contributed by atoms with van der Waals surface area (Å²) in [6.45, 7) is 5.10. The van der Waals surface area contributed by atoms with Crippen LogP contribution in [0.2, 0.25) is 0 Å². The second kappa shape index (κ2) is 7.13. The van der Waals surface area contributed by atoms with E-state index in [0.717, 1.165) is 10.5 Å². The highest BCUT2D eigenvalue weighted by Crippen LogP contribution is 2.33. The predicted molar refractivity (Wildman–Crippen MR) is 88.8 cm³/mol. The number of benzene rings is 1. The predicted octanol–water partition coefficient (Wildman–Crippen LogP) is 2.58. The van der Waals surface area contributed by atoms with Crippen molar-refractivity contribution in [1.29, 1.82) is 0 Å². The van der Waals surface area contributed by atoms with Crippen LogP contribution >= 0.6 is 0 Å². The van der Waals surface area contributed by atoms with Gasteiger partial charge in [-0.05, 0) is 39.2 Å². The van der Waals surface area contributed by atoms with Crippen LogP contribution in [0.1, 0.15) is 39.2 Å². The van der Waals surface area contributed by atoms with Gasteiger partial charge in [0, 0.05) is 6.54 Å². The number of carbonyl (C=O) groups excluding carboxylic acids is 2. The number of rotatable bonds is 4. The van der Waals surface area contributed by atoms with Crippen molar-refractivity contribution < 1.29 is 29.0 Å². The minimum absolute atomic E-state index is 0.00476. The fourth-order valence-electron chi connectivity index (χ4n) is 2.75. The van der Waals surface area contributed by atoms with Crippen molar-refractivity contribution in [3.63, 3.8) is 0 Å². The molecule has 1 aromatic carbocycles. The van der Waals surface area contributed by atoms with E-state index >= 15 is 0 Å². The van der Waals surface area contributed by atoms with E-state index in [9.17, 15) is 19.5 Å². The molecule has 0 saturated carbocycles. The van der Waals surface area contributed by atoms with Crippen LogP contribution in [0.3, 0.4) is 0 Å². The first kappa shape index (κ1) is 18.8. The first-order chi connectivity index (χ1) is 11.7. The average molecular weight is 349 g/mol. The van der Waals surface area contributed by atoms with Gasteiger partial charge in [-0.3, -0.25) is 4.90 Å². The molecule has 0 aliphatic carbocycles. The molecule has 1 unspecified atom stereocenters. The van der Waals surface area contributed by atoms with Gasteiger partial charge in [-0.25, -0.2) is 14.4 Å².